The van der Waals surface area contributed by atoms with Crippen molar-refractivity contribution in [3.8, 4) is 0 Å². The van der Waals surface area contributed by atoms with Gasteiger partial charge in [-0.05, 0) is 51.0 Å². The van der Waals surface area contributed by atoms with Crippen LogP contribution in [0.5, 0.6) is 0 Å². The SMILES string of the molecule is CCCCCCCCC(CCCCCC)COC(=O)CCCCCCCCC(CCCCCCCC)NCCCC. The molecule has 0 aliphatic rings. The predicted molar refractivity (Wildman–Crippen MR) is 183 cm³/mol. The summed E-state index contributed by atoms with van der Waals surface area (Å²) in [4.78, 5) is 12.4. The highest BCUT2D eigenvalue weighted by atomic mass is 16.5. The van der Waals surface area contributed by atoms with E-state index in [4.69, 9.17) is 4.74 Å². The molecule has 0 aliphatic heterocycles. The molecular formula is C38H77NO2. The molecule has 0 amide bonds. The molecule has 0 radical (unpaired) electrons. The topological polar surface area (TPSA) is 38.3 Å². The van der Waals surface area contributed by atoms with Crippen molar-refractivity contribution in [1.82, 2.24) is 5.32 Å². The van der Waals surface area contributed by atoms with Gasteiger partial charge in [0.25, 0.3) is 0 Å². The number of hydrogen-bond donors (Lipinski definition) is 1. The van der Waals surface area contributed by atoms with E-state index < -0.39 is 0 Å². The average molecular weight is 580 g/mol. The van der Waals surface area contributed by atoms with E-state index in [0.717, 1.165) is 12.5 Å². The molecule has 0 saturated carbocycles. The van der Waals surface area contributed by atoms with Gasteiger partial charge in [-0.1, -0.05) is 169 Å². The van der Waals surface area contributed by atoms with Crippen LogP contribution in [-0.4, -0.2) is 25.2 Å². The predicted octanol–water partition coefficient (Wildman–Crippen LogP) is 12.5. The van der Waals surface area contributed by atoms with Crippen molar-refractivity contribution in [3.05, 3.63) is 0 Å². The molecule has 0 aromatic heterocycles. The molecule has 0 aliphatic carbocycles. The minimum atomic E-state index is 0.0437. The first-order valence-electron chi connectivity index (χ1n) is 19.1. The summed E-state index contributed by atoms with van der Waals surface area (Å²) in [5.41, 5.74) is 0. The van der Waals surface area contributed by atoms with Crippen molar-refractivity contribution in [2.75, 3.05) is 13.2 Å². The van der Waals surface area contributed by atoms with Crippen LogP contribution >= 0.6 is 0 Å². The van der Waals surface area contributed by atoms with Gasteiger partial charge in [0, 0.05) is 12.5 Å². The second-order valence-electron chi connectivity index (χ2n) is 13.2. The van der Waals surface area contributed by atoms with E-state index in [0.29, 0.717) is 18.9 Å². The number of carbonyl (C=O) groups excluding carboxylic acids is 1. The van der Waals surface area contributed by atoms with E-state index in [1.807, 2.05) is 0 Å². The highest BCUT2D eigenvalue weighted by Gasteiger charge is 2.12. The lowest BCUT2D eigenvalue weighted by molar-refractivity contribution is -0.145. The Kier molecular flexibility index (Phi) is 33.5. The van der Waals surface area contributed by atoms with Gasteiger partial charge in [-0.15, -0.1) is 0 Å². The van der Waals surface area contributed by atoms with E-state index in [1.54, 1.807) is 0 Å². The summed E-state index contributed by atoms with van der Waals surface area (Å²) in [7, 11) is 0. The Morgan fingerprint density at radius 3 is 1.37 bits per heavy atom. The van der Waals surface area contributed by atoms with Gasteiger partial charge in [0.2, 0.25) is 0 Å². The van der Waals surface area contributed by atoms with Crippen LogP contribution in [0.15, 0.2) is 0 Å². The molecule has 0 rings (SSSR count). The summed E-state index contributed by atoms with van der Waals surface area (Å²) in [5, 5.41) is 3.85. The molecular weight excluding hydrogens is 502 g/mol. The van der Waals surface area contributed by atoms with Crippen LogP contribution < -0.4 is 5.32 Å². The zero-order chi connectivity index (χ0) is 30.1. The molecule has 0 aromatic carbocycles. The molecule has 1 N–H and O–H groups in total. The summed E-state index contributed by atoms with van der Waals surface area (Å²) in [6.45, 7) is 11.0. The van der Waals surface area contributed by atoms with Crippen LogP contribution in [0.1, 0.15) is 214 Å². The molecule has 3 nitrogen and oxygen atoms in total. The van der Waals surface area contributed by atoms with Gasteiger partial charge in [0.1, 0.15) is 0 Å². The van der Waals surface area contributed by atoms with E-state index in [9.17, 15) is 4.79 Å². The number of hydrogen-bond acceptors (Lipinski definition) is 3. The van der Waals surface area contributed by atoms with E-state index in [2.05, 4.69) is 33.0 Å². The first-order valence-corrected chi connectivity index (χ1v) is 19.1. The fourth-order valence-corrected chi connectivity index (χ4v) is 6.04. The molecule has 41 heavy (non-hydrogen) atoms. The third-order valence-corrected chi connectivity index (χ3v) is 8.96. The number of carbonyl (C=O) groups is 1. The molecule has 0 spiro atoms. The van der Waals surface area contributed by atoms with Crippen molar-refractivity contribution in [1.29, 1.82) is 0 Å². The second kappa shape index (κ2) is 33.9. The van der Waals surface area contributed by atoms with Crippen LogP contribution in [0, 0.1) is 5.92 Å². The van der Waals surface area contributed by atoms with Crippen molar-refractivity contribution in [2.45, 2.75) is 220 Å². The van der Waals surface area contributed by atoms with Gasteiger partial charge < -0.3 is 10.1 Å². The highest BCUT2D eigenvalue weighted by Crippen LogP contribution is 2.20. The Hall–Kier alpha value is -0.570. The van der Waals surface area contributed by atoms with Crippen molar-refractivity contribution < 1.29 is 9.53 Å². The van der Waals surface area contributed by atoms with Gasteiger partial charge in [0.05, 0.1) is 6.61 Å². The third-order valence-electron chi connectivity index (χ3n) is 8.96. The van der Waals surface area contributed by atoms with E-state index in [1.165, 1.54) is 180 Å². The summed E-state index contributed by atoms with van der Waals surface area (Å²) in [6, 6.07) is 0.721. The summed E-state index contributed by atoms with van der Waals surface area (Å²) >= 11 is 0. The van der Waals surface area contributed by atoms with Crippen LogP contribution in [0.2, 0.25) is 0 Å². The molecule has 0 saturated heterocycles. The largest absolute Gasteiger partial charge is 0.465 e. The summed E-state index contributed by atoms with van der Waals surface area (Å²) in [6.07, 6.45) is 37.5. The Morgan fingerprint density at radius 1 is 0.488 bits per heavy atom. The third kappa shape index (κ3) is 30.7. The zero-order valence-corrected chi connectivity index (χ0v) is 28.9. The standard InChI is InChI=1S/C38H77NO2/c1-5-9-13-16-20-25-30-36(29-24-15-11-7-3)35-41-38(40)33-28-23-19-18-22-27-32-37(39-34-12-8-4)31-26-21-17-14-10-6-2/h36-37,39H,5-35H2,1-4H3. The maximum absolute atomic E-state index is 12.4. The number of nitrogens with one attached hydrogen (secondary N) is 1. The number of unbranched alkanes of at least 4 members (excludes halogenated alkanes) is 19. The number of rotatable bonds is 34. The van der Waals surface area contributed by atoms with Crippen LogP contribution in [0.4, 0.5) is 0 Å². The monoisotopic (exact) mass is 580 g/mol. The number of esters is 1. The molecule has 2 unspecified atom stereocenters. The zero-order valence-electron chi connectivity index (χ0n) is 28.9. The Labute approximate surface area is 259 Å². The van der Waals surface area contributed by atoms with Crippen LogP contribution in [-0.2, 0) is 9.53 Å². The Bertz CT molecular complexity index is 509. The number of ether oxygens (including phenoxy) is 1. The quantitative estimate of drug-likeness (QED) is 0.0608. The fourth-order valence-electron chi connectivity index (χ4n) is 6.04. The maximum atomic E-state index is 12.4. The minimum Gasteiger partial charge on any atom is -0.465 e. The second-order valence-corrected chi connectivity index (χ2v) is 13.2. The smallest absolute Gasteiger partial charge is 0.305 e. The van der Waals surface area contributed by atoms with Crippen molar-refractivity contribution in [3.63, 3.8) is 0 Å². The molecule has 0 aromatic rings. The van der Waals surface area contributed by atoms with Crippen molar-refractivity contribution in [2.24, 2.45) is 5.92 Å². The van der Waals surface area contributed by atoms with E-state index in [-0.39, 0.29) is 5.97 Å². The normalized spacial score (nSPS) is 13.0. The van der Waals surface area contributed by atoms with Gasteiger partial charge in [-0.25, -0.2) is 0 Å². The lowest BCUT2D eigenvalue weighted by Crippen LogP contribution is -2.30. The van der Waals surface area contributed by atoms with Crippen LogP contribution in [0.3, 0.4) is 0 Å². The fraction of sp³-hybridized carbons (Fsp3) is 0.974. The Morgan fingerprint density at radius 2 is 0.878 bits per heavy atom. The van der Waals surface area contributed by atoms with E-state index >= 15 is 0 Å². The van der Waals surface area contributed by atoms with Gasteiger partial charge in [-0.2, -0.15) is 0 Å². The molecule has 246 valence electrons. The minimum absolute atomic E-state index is 0.0437. The lowest BCUT2D eigenvalue weighted by atomic mass is 9.95. The Balaban J connectivity index is 3.98. The van der Waals surface area contributed by atoms with Gasteiger partial charge >= 0.3 is 5.97 Å². The highest BCUT2D eigenvalue weighted by molar-refractivity contribution is 5.69. The first-order chi connectivity index (χ1) is 20.2. The average Bonchev–Trinajstić information content (AvgIpc) is 2.98. The molecule has 2 atom stereocenters. The first kappa shape index (κ1) is 40.4. The summed E-state index contributed by atoms with van der Waals surface area (Å²) < 4.78 is 5.78. The summed E-state index contributed by atoms with van der Waals surface area (Å²) in [5.74, 6) is 0.616. The van der Waals surface area contributed by atoms with Gasteiger partial charge in [-0.3, -0.25) is 4.79 Å². The molecule has 3 heteroatoms. The lowest BCUT2D eigenvalue weighted by Gasteiger charge is -2.19. The van der Waals surface area contributed by atoms with Crippen LogP contribution in [0.25, 0.3) is 0 Å². The van der Waals surface area contributed by atoms with Gasteiger partial charge in [0.15, 0.2) is 0 Å². The molecule has 0 bridgehead atoms. The molecule has 0 fully saturated rings. The maximum Gasteiger partial charge on any atom is 0.305 e. The molecule has 0 heterocycles. The van der Waals surface area contributed by atoms with Crippen molar-refractivity contribution >= 4 is 5.97 Å².